The molecule has 0 saturated heterocycles. The third kappa shape index (κ3) is 12.9. The van der Waals surface area contributed by atoms with Crippen molar-refractivity contribution in [1.29, 1.82) is 0 Å². The summed E-state index contributed by atoms with van der Waals surface area (Å²) in [6.07, 6.45) is 4.33. The molecule has 1 atom stereocenters. The van der Waals surface area contributed by atoms with Crippen molar-refractivity contribution in [3.8, 4) is 17.2 Å². The standard InChI is InChI=1S/C23H27NO8S.C6H14N4O2/c1-23(2,22(26)27)31-17-9-7-16(8-10-17)6-4-5-13-24-19-12-11-18(32-33(3,28)29)14-20(19)30-15-21(24)25;7-4(5(11)12)2-1-3-10-6(8)9/h7-12,14H,4-6,13,15H2,1-3H3,(H,26,27);4H,1-3,7H2,(H,11,12)(H4,8,9,10). The maximum atomic E-state index is 12.3. The Morgan fingerprint density at radius 3 is 2.33 bits per heavy atom. The molecule has 0 bridgehead atoms. The number of ether oxygens (including phenoxy) is 2. The van der Waals surface area contributed by atoms with Crippen molar-refractivity contribution in [3.05, 3.63) is 48.0 Å². The zero-order chi connectivity index (χ0) is 33.8. The van der Waals surface area contributed by atoms with Gasteiger partial charge in [-0.3, -0.25) is 26.0 Å². The number of anilines is 1. The second-order valence-corrected chi connectivity index (χ2v) is 12.3. The molecule has 16 heteroatoms. The van der Waals surface area contributed by atoms with Gasteiger partial charge in [-0.2, -0.15) is 8.42 Å². The van der Waals surface area contributed by atoms with Crippen molar-refractivity contribution in [2.75, 3.05) is 30.9 Å². The molecule has 0 saturated carbocycles. The Kier molecular flexibility index (Phi) is 13.4. The van der Waals surface area contributed by atoms with Gasteiger partial charge >= 0.3 is 22.0 Å². The molecule has 15 nitrogen and oxygen atoms in total. The number of hydrogen-bond acceptors (Lipinski definition) is 10. The maximum absolute atomic E-state index is 12.3. The lowest BCUT2D eigenvalue weighted by molar-refractivity contribution is -0.459. The first-order chi connectivity index (χ1) is 21.0. The Labute approximate surface area is 262 Å². The highest BCUT2D eigenvalue weighted by Gasteiger charge is 2.26. The maximum Gasteiger partial charge on any atom is 0.338 e. The number of nitrogens with one attached hydrogen (secondary N) is 1. The minimum Gasteiger partial charge on any atom is -0.546 e. The van der Waals surface area contributed by atoms with Gasteiger partial charge in [0.15, 0.2) is 6.61 Å². The van der Waals surface area contributed by atoms with Crippen LogP contribution in [0.3, 0.4) is 0 Å². The number of hydrogen-bond donors (Lipinski definition) is 5. The van der Waals surface area contributed by atoms with Crippen LogP contribution in [0.15, 0.2) is 42.5 Å². The van der Waals surface area contributed by atoms with Crippen LogP contribution < -0.4 is 45.9 Å². The predicted molar refractivity (Wildman–Crippen MR) is 163 cm³/mol. The van der Waals surface area contributed by atoms with E-state index >= 15 is 0 Å². The molecule has 8 N–H and O–H groups in total. The van der Waals surface area contributed by atoms with Gasteiger partial charge in [-0.15, -0.1) is 0 Å². The summed E-state index contributed by atoms with van der Waals surface area (Å²) in [4.78, 5) is 37.9. The van der Waals surface area contributed by atoms with E-state index in [4.69, 9.17) is 36.0 Å². The van der Waals surface area contributed by atoms with Crippen LogP contribution in [0.2, 0.25) is 0 Å². The fourth-order valence-corrected chi connectivity index (χ4v) is 4.45. The summed E-state index contributed by atoms with van der Waals surface area (Å²) >= 11 is 0. The molecule has 1 aliphatic rings. The van der Waals surface area contributed by atoms with Crippen molar-refractivity contribution in [1.82, 2.24) is 0 Å². The molecule has 0 spiro atoms. The second-order valence-electron chi connectivity index (χ2n) is 10.7. The zero-order valence-electron chi connectivity index (χ0n) is 25.5. The number of guanidine groups is 1. The van der Waals surface area contributed by atoms with Gasteiger partial charge in [0.1, 0.15) is 28.9 Å². The molecule has 0 fully saturated rings. The molecule has 1 aliphatic heterocycles. The molecule has 1 amide bonds. The summed E-state index contributed by atoms with van der Waals surface area (Å²) in [6.45, 7) is 3.77. The van der Waals surface area contributed by atoms with Crippen molar-refractivity contribution >= 4 is 39.6 Å². The van der Waals surface area contributed by atoms with Crippen molar-refractivity contribution in [2.24, 2.45) is 17.2 Å². The number of aryl methyl sites for hydroxylation is 1. The first kappa shape index (κ1) is 36.6. The normalized spacial score (nSPS) is 13.3. The van der Waals surface area contributed by atoms with E-state index in [1.165, 1.54) is 26.0 Å². The van der Waals surface area contributed by atoms with Crippen LogP contribution in [0, 0.1) is 0 Å². The first-order valence-electron chi connectivity index (χ1n) is 14.0. The van der Waals surface area contributed by atoms with Crippen LogP contribution in [-0.4, -0.2) is 74.9 Å². The van der Waals surface area contributed by atoms with E-state index in [0.717, 1.165) is 31.1 Å². The summed E-state index contributed by atoms with van der Waals surface area (Å²) in [6, 6.07) is 10.9. The number of benzene rings is 2. The zero-order valence-corrected chi connectivity index (χ0v) is 26.3. The second kappa shape index (κ2) is 16.5. The largest absolute Gasteiger partial charge is 0.546 e. The number of carbonyl (C=O) groups is 3. The van der Waals surface area contributed by atoms with Gasteiger partial charge in [-0.25, -0.2) is 0 Å². The van der Waals surface area contributed by atoms with E-state index in [1.54, 1.807) is 23.1 Å². The number of fused-ring (bicyclic) bond motifs is 1. The average Bonchev–Trinajstić information content (AvgIpc) is 2.94. The number of nitrogens with zero attached hydrogens (tertiary/aromatic N) is 1. The van der Waals surface area contributed by atoms with Crippen LogP contribution in [0.5, 0.6) is 17.2 Å². The van der Waals surface area contributed by atoms with E-state index in [1.807, 2.05) is 12.1 Å². The molecule has 248 valence electrons. The Balaban J connectivity index is 0.000000498. The van der Waals surface area contributed by atoms with Gasteiger partial charge in [0.25, 0.3) is 5.91 Å². The Hall–Kier alpha value is -4.57. The Bertz CT molecular complexity index is 1460. The Morgan fingerprint density at radius 1 is 1.11 bits per heavy atom. The van der Waals surface area contributed by atoms with Crippen molar-refractivity contribution in [3.63, 3.8) is 0 Å². The number of unbranched alkanes of at least 4 members (excludes halogenated alkanes) is 1. The van der Waals surface area contributed by atoms with E-state index < -0.39 is 33.7 Å². The van der Waals surface area contributed by atoms with Crippen LogP contribution in [0.4, 0.5) is 5.69 Å². The summed E-state index contributed by atoms with van der Waals surface area (Å²) in [5.74, 6) is -1.34. The fourth-order valence-electron chi connectivity index (χ4n) is 3.99. The van der Waals surface area contributed by atoms with Gasteiger partial charge in [0.05, 0.1) is 24.5 Å². The molecular weight excluding hydrogens is 610 g/mol. The lowest BCUT2D eigenvalue weighted by Crippen LogP contribution is -2.78. The molecular formula is C29H41N5O10S. The van der Waals surface area contributed by atoms with Gasteiger partial charge in [0, 0.05) is 12.6 Å². The summed E-state index contributed by atoms with van der Waals surface area (Å²) in [5.41, 5.74) is 15.7. The number of carboxylic acid groups (broad SMARTS) is 2. The smallest absolute Gasteiger partial charge is 0.338 e. The predicted octanol–water partition coefficient (Wildman–Crippen LogP) is -1.79. The number of nitrogens with two attached hydrogens (primary N) is 3. The van der Waals surface area contributed by atoms with Gasteiger partial charge in [0.2, 0.25) is 0 Å². The molecule has 3 rings (SSSR count). The van der Waals surface area contributed by atoms with E-state index in [9.17, 15) is 27.9 Å². The van der Waals surface area contributed by atoms with E-state index in [2.05, 4.69) is 4.99 Å². The monoisotopic (exact) mass is 651 g/mol. The molecule has 1 unspecified atom stereocenters. The number of amides is 1. The van der Waals surface area contributed by atoms with Crippen LogP contribution in [0.25, 0.3) is 0 Å². The lowest BCUT2D eigenvalue weighted by Gasteiger charge is -2.29. The fraction of sp³-hybridized carbons (Fsp3) is 0.448. The van der Waals surface area contributed by atoms with Crippen molar-refractivity contribution < 1.29 is 51.7 Å². The van der Waals surface area contributed by atoms with E-state index in [0.29, 0.717) is 43.1 Å². The number of carboxylic acids is 2. The molecule has 0 aliphatic carbocycles. The molecule has 2 aromatic rings. The number of aliphatic carboxylic acids is 2. The highest BCUT2D eigenvalue weighted by molar-refractivity contribution is 7.86. The third-order valence-corrected chi connectivity index (χ3v) is 6.84. The highest BCUT2D eigenvalue weighted by Crippen LogP contribution is 2.36. The third-order valence-electron chi connectivity index (χ3n) is 6.35. The molecule has 0 radical (unpaired) electrons. The van der Waals surface area contributed by atoms with Crippen LogP contribution in [0.1, 0.15) is 45.1 Å². The molecule has 2 aromatic carbocycles. The van der Waals surface area contributed by atoms with Gasteiger partial charge in [-0.05, 0) is 75.8 Å². The van der Waals surface area contributed by atoms with Gasteiger partial charge < -0.3 is 39.3 Å². The van der Waals surface area contributed by atoms with Gasteiger partial charge in [-0.1, -0.05) is 12.1 Å². The minimum absolute atomic E-state index is 0.126. The highest BCUT2D eigenvalue weighted by atomic mass is 32.2. The minimum atomic E-state index is -3.66. The summed E-state index contributed by atoms with van der Waals surface area (Å²) in [5, 5.41) is 19.5. The van der Waals surface area contributed by atoms with Crippen LogP contribution in [-0.2, 0) is 30.9 Å². The first-order valence-corrected chi connectivity index (χ1v) is 15.9. The van der Waals surface area contributed by atoms with E-state index in [-0.39, 0.29) is 24.2 Å². The lowest BCUT2D eigenvalue weighted by atomic mass is 10.1. The number of carbonyl (C=O) groups excluding carboxylic acids is 2. The molecule has 0 aromatic heterocycles. The van der Waals surface area contributed by atoms with Crippen molar-refractivity contribution in [2.45, 2.75) is 57.6 Å². The Morgan fingerprint density at radius 2 is 1.76 bits per heavy atom. The summed E-state index contributed by atoms with van der Waals surface area (Å²) < 4.78 is 38.4. The SMILES string of the molecule is CC(C)(Oc1ccc(CCCCN2C(=O)COc3cc(OS(C)(=O)=O)ccc32)cc1)C(=O)[O-].NC(N)=[NH+]CCCC(N)C(=O)O. The van der Waals surface area contributed by atoms with Crippen LogP contribution >= 0.6 is 0 Å². The molecule has 1 heterocycles. The summed E-state index contributed by atoms with van der Waals surface area (Å²) in [7, 11) is -3.66. The molecule has 45 heavy (non-hydrogen) atoms. The number of rotatable bonds is 15. The quantitative estimate of drug-likeness (QED) is 0.0618. The average molecular weight is 652 g/mol. The topological polar surface area (TPSA) is 252 Å².